The number of anilines is 1. The van der Waals surface area contributed by atoms with E-state index < -0.39 is 22.0 Å². The first kappa shape index (κ1) is 18.7. The van der Waals surface area contributed by atoms with Crippen LogP contribution >= 0.6 is 11.3 Å². The van der Waals surface area contributed by atoms with E-state index in [1.165, 1.54) is 6.07 Å². The predicted octanol–water partition coefficient (Wildman–Crippen LogP) is 2.46. The molecule has 0 bridgehead atoms. The zero-order valence-electron chi connectivity index (χ0n) is 14.4. The third-order valence-corrected chi connectivity index (χ3v) is 6.64. The first-order valence-electron chi connectivity index (χ1n) is 8.13. The number of ether oxygens (including phenoxy) is 2. The molecule has 3 rings (SSSR count). The van der Waals surface area contributed by atoms with Crippen LogP contribution in [0.3, 0.4) is 0 Å². The van der Waals surface area contributed by atoms with Gasteiger partial charge in [-0.3, -0.25) is 4.79 Å². The van der Waals surface area contributed by atoms with E-state index in [0.717, 1.165) is 11.3 Å². The molecule has 2 N–H and O–H groups in total. The molecule has 0 fully saturated rings. The Kier molecular flexibility index (Phi) is 5.49. The summed E-state index contributed by atoms with van der Waals surface area (Å²) in [5.41, 5.74) is 0.514. The molecule has 140 valence electrons. The van der Waals surface area contributed by atoms with Crippen molar-refractivity contribution in [1.82, 2.24) is 4.72 Å². The summed E-state index contributed by atoms with van der Waals surface area (Å²) in [6.07, 6.45) is 0. The maximum atomic E-state index is 12.7. The van der Waals surface area contributed by atoms with E-state index in [1.54, 1.807) is 43.5 Å². The van der Waals surface area contributed by atoms with Crippen LogP contribution in [-0.2, 0) is 14.8 Å². The van der Waals surface area contributed by atoms with Gasteiger partial charge in [0.1, 0.15) is 23.5 Å². The number of thiophene rings is 1. The van der Waals surface area contributed by atoms with Crippen LogP contribution in [0, 0.1) is 5.92 Å². The molecule has 0 radical (unpaired) electrons. The largest absolute Gasteiger partial charge is 0.486 e. The summed E-state index contributed by atoms with van der Waals surface area (Å²) in [6, 6.07) is 7.32. The van der Waals surface area contributed by atoms with Crippen LogP contribution in [0.4, 0.5) is 5.69 Å². The Morgan fingerprint density at radius 3 is 2.54 bits per heavy atom. The van der Waals surface area contributed by atoms with Gasteiger partial charge in [0, 0.05) is 11.8 Å². The van der Waals surface area contributed by atoms with Gasteiger partial charge < -0.3 is 14.8 Å². The quantitative estimate of drug-likeness (QED) is 0.782. The monoisotopic (exact) mass is 396 g/mol. The SMILES string of the molecule is CC(C)[C@@H](NS(=O)(=O)c1cccs1)C(=O)Nc1ccc2c(c1)OCCO2. The second-order valence-corrected chi connectivity index (χ2v) is 9.01. The molecular weight excluding hydrogens is 376 g/mol. The number of fused-ring (bicyclic) bond motifs is 1. The third-order valence-electron chi connectivity index (χ3n) is 3.80. The number of sulfonamides is 1. The average Bonchev–Trinajstić information content (AvgIpc) is 3.15. The van der Waals surface area contributed by atoms with Gasteiger partial charge in [0.05, 0.1) is 0 Å². The molecule has 26 heavy (non-hydrogen) atoms. The number of benzene rings is 1. The molecule has 9 heteroatoms. The first-order chi connectivity index (χ1) is 12.4. The molecular formula is C17H20N2O5S2. The molecule has 2 aromatic rings. The summed E-state index contributed by atoms with van der Waals surface area (Å²) in [5, 5.41) is 4.42. The standard InChI is InChI=1S/C17H20N2O5S2/c1-11(2)16(19-26(21,22)15-4-3-9-25-15)17(20)18-12-5-6-13-14(10-12)24-8-7-23-13/h3-6,9-11,16,19H,7-8H2,1-2H3,(H,18,20)/t16-/m1/s1. The molecule has 1 aromatic heterocycles. The Bertz CT molecular complexity index is 879. The minimum absolute atomic E-state index is 0.176. The van der Waals surface area contributed by atoms with Crippen LogP contribution in [0.5, 0.6) is 11.5 Å². The van der Waals surface area contributed by atoms with Crippen molar-refractivity contribution in [2.45, 2.75) is 24.1 Å². The summed E-state index contributed by atoms with van der Waals surface area (Å²) in [7, 11) is -3.75. The lowest BCUT2D eigenvalue weighted by molar-refractivity contribution is -0.118. The summed E-state index contributed by atoms with van der Waals surface area (Å²) < 4.78 is 38.5. The van der Waals surface area contributed by atoms with Gasteiger partial charge in [-0.05, 0) is 29.5 Å². The Labute approximate surface area is 156 Å². The van der Waals surface area contributed by atoms with Crippen molar-refractivity contribution in [3.63, 3.8) is 0 Å². The fourth-order valence-electron chi connectivity index (χ4n) is 2.48. The van der Waals surface area contributed by atoms with Crippen LogP contribution in [0.1, 0.15) is 13.8 Å². The lowest BCUT2D eigenvalue weighted by Gasteiger charge is -2.22. The van der Waals surface area contributed by atoms with Gasteiger partial charge in [0.15, 0.2) is 11.5 Å². The van der Waals surface area contributed by atoms with Crippen molar-refractivity contribution in [3.05, 3.63) is 35.7 Å². The minimum Gasteiger partial charge on any atom is -0.486 e. The zero-order valence-corrected chi connectivity index (χ0v) is 16.0. The highest BCUT2D eigenvalue weighted by molar-refractivity contribution is 7.91. The van der Waals surface area contributed by atoms with E-state index in [0.29, 0.717) is 30.4 Å². The lowest BCUT2D eigenvalue weighted by atomic mass is 10.0. The molecule has 0 unspecified atom stereocenters. The molecule has 2 heterocycles. The Morgan fingerprint density at radius 2 is 1.88 bits per heavy atom. The number of rotatable bonds is 6. The highest BCUT2D eigenvalue weighted by atomic mass is 32.2. The highest BCUT2D eigenvalue weighted by Crippen LogP contribution is 2.32. The molecule has 1 atom stereocenters. The average molecular weight is 396 g/mol. The number of amides is 1. The Balaban J connectivity index is 1.75. The summed E-state index contributed by atoms with van der Waals surface area (Å²) >= 11 is 1.10. The first-order valence-corrected chi connectivity index (χ1v) is 10.5. The number of nitrogens with one attached hydrogen (secondary N) is 2. The van der Waals surface area contributed by atoms with Crippen LogP contribution in [0.25, 0.3) is 0 Å². The normalized spacial score (nSPS) is 14.9. The van der Waals surface area contributed by atoms with E-state index in [1.807, 2.05) is 0 Å². The van der Waals surface area contributed by atoms with Gasteiger partial charge >= 0.3 is 0 Å². The van der Waals surface area contributed by atoms with Crippen molar-refractivity contribution in [1.29, 1.82) is 0 Å². The van der Waals surface area contributed by atoms with E-state index >= 15 is 0 Å². The molecule has 1 aliphatic rings. The maximum Gasteiger partial charge on any atom is 0.250 e. The maximum absolute atomic E-state index is 12.7. The van der Waals surface area contributed by atoms with Crippen LogP contribution in [-0.4, -0.2) is 33.6 Å². The van der Waals surface area contributed by atoms with Crippen molar-refractivity contribution in [2.24, 2.45) is 5.92 Å². The van der Waals surface area contributed by atoms with E-state index in [9.17, 15) is 13.2 Å². The molecule has 1 aliphatic heterocycles. The molecule has 1 amide bonds. The fraction of sp³-hybridized carbons (Fsp3) is 0.353. The third kappa shape index (κ3) is 4.17. The highest BCUT2D eigenvalue weighted by Gasteiger charge is 2.29. The van der Waals surface area contributed by atoms with Gasteiger partial charge in [-0.1, -0.05) is 19.9 Å². The molecule has 0 spiro atoms. The number of hydrogen-bond donors (Lipinski definition) is 2. The smallest absolute Gasteiger partial charge is 0.250 e. The van der Waals surface area contributed by atoms with E-state index in [-0.39, 0.29) is 10.1 Å². The molecule has 7 nitrogen and oxygen atoms in total. The number of carbonyl (C=O) groups is 1. The topological polar surface area (TPSA) is 93.7 Å². The summed E-state index contributed by atoms with van der Waals surface area (Å²) in [5.74, 6) is 0.501. The molecule has 1 aromatic carbocycles. The fourth-order valence-corrected chi connectivity index (χ4v) is 4.83. The van der Waals surface area contributed by atoms with Gasteiger partial charge in [0.25, 0.3) is 10.0 Å². The van der Waals surface area contributed by atoms with Crippen molar-refractivity contribution in [2.75, 3.05) is 18.5 Å². The Hall–Kier alpha value is -2.10. The Morgan fingerprint density at radius 1 is 1.15 bits per heavy atom. The van der Waals surface area contributed by atoms with Crippen molar-refractivity contribution in [3.8, 4) is 11.5 Å². The van der Waals surface area contributed by atoms with Crippen molar-refractivity contribution < 1.29 is 22.7 Å². The minimum atomic E-state index is -3.75. The van der Waals surface area contributed by atoms with Crippen LogP contribution in [0.15, 0.2) is 39.9 Å². The summed E-state index contributed by atoms with van der Waals surface area (Å²) in [6.45, 7) is 4.49. The van der Waals surface area contributed by atoms with Crippen LogP contribution < -0.4 is 19.5 Å². The van der Waals surface area contributed by atoms with Gasteiger partial charge in [-0.15, -0.1) is 11.3 Å². The predicted molar refractivity (Wildman–Crippen MR) is 99.3 cm³/mol. The number of carbonyl (C=O) groups excluding carboxylic acids is 1. The second kappa shape index (κ2) is 7.65. The van der Waals surface area contributed by atoms with Gasteiger partial charge in [0.2, 0.25) is 5.91 Å². The zero-order chi connectivity index (χ0) is 18.7. The molecule has 0 aliphatic carbocycles. The van der Waals surface area contributed by atoms with Crippen LogP contribution in [0.2, 0.25) is 0 Å². The summed E-state index contributed by atoms with van der Waals surface area (Å²) in [4.78, 5) is 12.7. The van der Waals surface area contributed by atoms with E-state index in [2.05, 4.69) is 10.0 Å². The van der Waals surface area contributed by atoms with Gasteiger partial charge in [-0.2, -0.15) is 4.72 Å². The van der Waals surface area contributed by atoms with E-state index in [4.69, 9.17) is 9.47 Å². The molecule has 0 saturated heterocycles. The van der Waals surface area contributed by atoms with Crippen molar-refractivity contribution >= 4 is 33.0 Å². The number of hydrogen-bond acceptors (Lipinski definition) is 6. The second-order valence-electron chi connectivity index (χ2n) is 6.12. The lowest BCUT2D eigenvalue weighted by Crippen LogP contribution is -2.46. The molecule has 0 saturated carbocycles. The van der Waals surface area contributed by atoms with Gasteiger partial charge in [-0.25, -0.2) is 8.42 Å².